The fourth-order valence-corrected chi connectivity index (χ4v) is 4.17. The van der Waals surface area contributed by atoms with Crippen LogP contribution in [0.25, 0.3) is 10.6 Å². The molecule has 31 heavy (non-hydrogen) atoms. The summed E-state index contributed by atoms with van der Waals surface area (Å²) in [6.45, 7) is 0.0175. The fraction of sp³-hybridized carbons (Fsp3) is 0.227. The number of thiazole rings is 1. The summed E-state index contributed by atoms with van der Waals surface area (Å²) < 4.78 is 38.2. The van der Waals surface area contributed by atoms with Crippen molar-refractivity contribution in [3.05, 3.63) is 76.8 Å². The van der Waals surface area contributed by atoms with Crippen LogP contribution in [0.5, 0.6) is 0 Å². The van der Waals surface area contributed by atoms with Crippen LogP contribution >= 0.6 is 11.3 Å². The lowest BCUT2D eigenvalue weighted by Gasteiger charge is -2.11. The molecule has 0 spiro atoms. The maximum Gasteiger partial charge on any atom is 0.416 e. The van der Waals surface area contributed by atoms with E-state index in [1.807, 2.05) is 30.3 Å². The number of aryl methyl sites for hydroxylation is 1. The minimum Gasteiger partial charge on any atom is -0.326 e. The van der Waals surface area contributed by atoms with E-state index in [2.05, 4.69) is 10.3 Å². The molecule has 1 N–H and O–H groups in total. The molecular weight excluding hydrogens is 427 g/mol. The van der Waals surface area contributed by atoms with Gasteiger partial charge in [0.25, 0.3) is 5.91 Å². The maximum absolute atomic E-state index is 12.7. The molecule has 1 atom stereocenters. The normalized spacial score (nSPS) is 16.6. The Morgan fingerprint density at radius 2 is 1.74 bits per heavy atom. The summed E-state index contributed by atoms with van der Waals surface area (Å²) in [5.74, 6) is -0.301. The number of aromatic nitrogens is 1. The second-order valence-corrected chi connectivity index (χ2v) is 8.03. The maximum atomic E-state index is 12.7. The van der Waals surface area contributed by atoms with Crippen molar-refractivity contribution in [1.82, 2.24) is 15.2 Å². The van der Waals surface area contributed by atoms with Crippen LogP contribution in [-0.4, -0.2) is 27.9 Å². The zero-order chi connectivity index (χ0) is 22.0. The Balaban J connectivity index is 1.40. The zero-order valence-corrected chi connectivity index (χ0v) is 17.0. The van der Waals surface area contributed by atoms with Gasteiger partial charge in [0.1, 0.15) is 11.0 Å². The molecule has 1 aliphatic heterocycles. The Bertz CT molecular complexity index is 1080. The van der Waals surface area contributed by atoms with E-state index in [9.17, 15) is 22.8 Å². The average Bonchev–Trinajstić information content (AvgIpc) is 3.33. The van der Waals surface area contributed by atoms with Crippen molar-refractivity contribution in [2.45, 2.75) is 31.6 Å². The Morgan fingerprint density at radius 3 is 2.42 bits per heavy atom. The summed E-state index contributed by atoms with van der Waals surface area (Å²) >= 11 is 1.25. The molecule has 1 aromatic heterocycles. The topological polar surface area (TPSA) is 62.3 Å². The van der Waals surface area contributed by atoms with E-state index in [1.54, 1.807) is 5.38 Å². The van der Waals surface area contributed by atoms with Crippen LogP contribution in [0.15, 0.2) is 60.0 Å². The molecule has 5 nitrogen and oxygen atoms in total. The third-order valence-corrected chi connectivity index (χ3v) is 5.94. The summed E-state index contributed by atoms with van der Waals surface area (Å²) in [6.07, 6.45) is -3.23. The molecule has 1 aliphatic rings. The van der Waals surface area contributed by atoms with Gasteiger partial charge in [0.2, 0.25) is 0 Å². The number of halogens is 3. The largest absolute Gasteiger partial charge is 0.416 e. The molecule has 0 saturated carbocycles. The minimum absolute atomic E-state index is 0.0175. The molecule has 1 saturated heterocycles. The highest BCUT2D eigenvalue weighted by Crippen LogP contribution is 2.32. The van der Waals surface area contributed by atoms with Gasteiger partial charge in [0, 0.05) is 10.9 Å². The number of nitrogens with zero attached hydrogens (tertiary/aromatic N) is 2. The van der Waals surface area contributed by atoms with E-state index in [0.717, 1.165) is 22.6 Å². The highest BCUT2D eigenvalue weighted by atomic mass is 32.1. The van der Waals surface area contributed by atoms with Crippen molar-refractivity contribution in [2.75, 3.05) is 0 Å². The molecule has 2 heterocycles. The molecule has 160 valence electrons. The van der Waals surface area contributed by atoms with Crippen molar-refractivity contribution >= 4 is 23.3 Å². The molecule has 1 fully saturated rings. The average molecular weight is 445 g/mol. The lowest BCUT2D eigenvalue weighted by molar-refractivity contribution is -0.137. The van der Waals surface area contributed by atoms with Crippen molar-refractivity contribution in [3.8, 4) is 10.6 Å². The first kappa shape index (κ1) is 21.0. The Labute approximate surface area is 180 Å². The first-order valence-electron chi connectivity index (χ1n) is 9.59. The van der Waals surface area contributed by atoms with E-state index in [-0.39, 0.29) is 12.5 Å². The monoisotopic (exact) mass is 445 g/mol. The predicted molar refractivity (Wildman–Crippen MR) is 110 cm³/mol. The van der Waals surface area contributed by atoms with Crippen LogP contribution in [0.2, 0.25) is 0 Å². The highest BCUT2D eigenvalue weighted by Gasteiger charge is 2.38. The third-order valence-electron chi connectivity index (χ3n) is 5.00. The Hall–Kier alpha value is -3.20. The summed E-state index contributed by atoms with van der Waals surface area (Å²) in [4.78, 5) is 30.5. The number of urea groups is 1. The van der Waals surface area contributed by atoms with Crippen LogP contribution in [0.4, 0.5) is 18.0 Å². The number of benzene rings is 2. The van der Waals surface area contributed by atoms with Crippen molar-refractivity contribution in [3.63, 3.8) is 0 Å². The van der Waals surface area contributed by atoms with Gasteiger partial charge in [-0.15, -0.1) is 11.3 Å². The SMILES string of the molecule is O=C1N[C@H](CCc2ccccc2)C(=O)N1Cc1csc(-c2ccc(C(F)(F)F)cc2)n1. The standard InChI is InChI=1S/C22H18F3N3O2S/c23-22(24,25)16-9-7-15(8-10-16)19-26-17(13-31-19)12-28-20(29)18(27-21(28)30)11-6-14-4-2-1-3-5-14/h1-5,7-10,13,18H,6,11-12H2,(H,27,30)/t18-/m1/s1. The smallest absolute Gasteiger partial charge is 0.326 e. The number of amides is 3. The number of carbonyl (C=O) groups is 2. The van der Waals surface area contributed by atoms with Crippen LogP contribution in [0.3, 0.4) is 0 Å². The summed E-state index contributed by atoms with van der Waals surface area (Å²) in [6, 6.07) is 13.4. The van der Waals surface area contributed by atoms with Gasteiger partial charge in [-0.3, -0.25) is 9.69 Å². The number of alkyl halides is 3. The van der Waals surface area contributed by atoms with Crippen LogP contribution in [-0.2, 0) is 23.9 Å². The van der Waals surface area contributed by atoms with E-state index in [1.165, 1.54) is 23.5 Å². The van der Waals surface area contributed by atoms with Gasteiger partial charge in [0.15, 0.2) is 0 Å². The Morgan fingerprint density at radius 1 is 1.03 bits per heavy atom. The second kappa shape index (κ2) is 8.50. The lowest BCUT2D eigenvalue weighted by Crippen LogP contribution is -2.31. The van der Waals surface area contributed by atoms with Crippen molar-refractivity contribution in [2.24, 2.45) is 0 Å². The number of rotatable bonds is 6. The van der Waals surface area contributed by atoms with Gasteiger partial charge >= 0.3 is 12.2 Å². The number of nitrogens with one attached hydrogen (secondary N) is 1. The minimum atomic E-state index is -4.40. The number of hydrogen-bond acceptors (Lipinski definition) is 4. The van der Waals surface area contributed by atoms with Crippen LogP contribution in [0.1, 0.15) is 23.2 Å². The molecular formula is C22H18F3N3O2S. The van der Waals surface area contributed by atoms with Gasteiger partial charge < -0.3 is 5.32 Å². The van der Waals surface area contributed by atoms with Gasteiger partial charge in [0.05, 0.1) is 17.8 Å². The quantitative estimate of drug-likeness (QED) is 0.550. The molecule has 2 aromatic carbocycles. The predicted octanol–water partition coefficient (Wildman–Crippen LogP) is 4.88. The van der Waals surface area contributed by atoms with Crippen LogP contribution < -0.4 is 5.32 Å². The van der Waals surface area contributed by atoms with Gasteiger partial charge in [-0.25, -0.2) is 9.78 Å². The van der Waals surface area contributed by atoms with E-state index in [0.29, 0.717) is 29.1 Å². The van der Waals surface area contributed by atoms with Gasteiger partial charge in [-0.1, -0.05) is 42.5 Å². The molecule has 3 aromatic rings. The molecule has 3 amide bonds. The van der Waals surface area contributed by atoms with Gasteiger partial charge in [-0.2, -0.15) is 13.2 Å². The molecule has 4 rings (SSSR count). The molecule has 0 aliphatic carbocycles. The van der Waals surface area contributed by atoms with E-state index in [4.69, 9.17) is 0 Å². The van der Waals surface area contributed by atoms with Crippen LogP contribution in [0, 0.1) is 0 Å². The number of imide groups is 1. The molecule has 9 heteroatoms. The highest BCUT2D eigenvalue weighted by molar-refractivity contribution is 7.13. The van der Waals surface area contributed by atoms with E-state index >= 15 is 0 Å². The van der Waals surface area contributed by atoms with Gasteiger partial charge in [-0.05, 0) is 30.5 Å². The number of carbonyl (C=O) groups excluding carboxylic acids is 2. The second-order valence-electron chi connectivity index (χ2n) is 7.17. The summed E-state index contributed by atoms with van der Waals surface area (Å²) in [7, 11) is 0. The summed E-state index contributed by atoms with van der Waals surface area (Å²) in [5.41, 5.74) is 1.41. The van der Waals surface area contributed by atoms with Crippen molar-refractivity contribution < 1.29 is 22.8 Å². The number of hydrogen-bond donors (Lipinski definition) is 1. The first-order chi connectivity index (χ1) is 14.8. The van der Waals surface area contributed by atoms with Crippen molar-refractivity contribution in [1.29, 1.82) is 0 Å². The summed E-state index contributed by atoms with van der Waals surface area (Å²) in [5, 5.41) is 4.93. The van der Waals surface area contributed by atoms with E-state index < -0.39 is 23.8 Å². The molecule has 0 bridgehead atoms. The third kappa shape index (κ3) is 4.77. The molecule has 0 radical (unpaired) electrons. The fourth-order valence-electron chi connectivity index (χ4n) is 3.35. The zero-order valence-electron chi connectivity index (χ0n) is 16.2. The first-order valence-corrected chi connectivity index (χ1v) is 10.5. The molecule has 0 unspecified atom stereocenters. The Kier molecular flexibility index (Phi) is 5.77. The lowest BCUT2D eigenvalue weighted by atomic mass is 10.1.